The molecule has 0 aromatic heterocycles. The van der Waals surface area contributed by atoms with E-state index in [4.69, 9.17) is 11.6 Å². The summed E-state index contributed by atoms with van der Waals surface area (Å²) in [5.74, 6) is -1.61. The molecule has 1 aromatic carbocycles. The molecule has 1 nitrogen and oxygen atoms in total. The predicted octanol–water partition coefficient (Wildman–Crippen LogP) is 3.12. The van der Waals surface area contributed by atoms with Gasteiger partial charge in [-0.2, -0.15) is 13.2 Å². The molecule has 1 N–H and O–H groups in total. The summed E-state index contributed by atoms with van der Waals surface area (Å²) < 4.78 is 49.5. The van der Waals surface area contributed by atoms with Crippen LogP contribution in [0.4, 0.5) is 17.6 Å². The number of aliphatic hydroxyl groups is 1. The van der Waals surface area contributed by atoms with E-state index in [-0.39, 0.29) is 11.4 Å². The lowest BCUT2D eigenvalue weighted by molar-refractivity contribution is -0.140. The van der Waals surface area contributed by atoms with E-state index in [1.165, 1.54) is 0 Å². The van der Waals surface area contributed by atoms with Crippen molar-refractivity contribution in [3.63, 3.8) is 0 Å². The molecule has 0 bridgehead atoms. The molecule has 1 atom stereocenters. The lowest BCUT2D eigenvalue weighted by Gasteiger charge is -2.12. The first-order valence-corrected chi connectivity index (χ1v) is 4.50. The predicted molar refractivity (Wildman–Crippen MR) is 47.1 cm³/mol. The number of halogens is 5. The second kappa shape index (κ2) is 4.37. The molecule has 1 rings (SSSR count). The van der Waals surface area contributed by atoms with Gasteiger partial charge in [0.2, 0.25) is 0 Å². The monoisotopic (exact) mass is 242 g/mol. The molecule has 84 valence electrons. The number of alkyl halides is 4. The molecule has 1 aromatic rings. The average Bonchev–Trinajstić information content (AvgIpc) is 2.15. The Morgan fingerprint density at radius 2 is 1.93 bits per heavy atom. The summed E-state index contributed by atoms with van der Waals surface area (Å²) in [6.45, 7) is 0. The van der Waals surface area contributed by atoms with Gasteiger partial charge in [0.15, 0.2) is 0 Å². The van der Waals surface area contributed by atoms with Crippen LogP contribution in [-0.2, 0) is 6.18 Å². The van der Waals surface area contributed by atoms with E-state index < -0.39 is 23.7 Å². The minimum Gasteiger partial charge on any atom is -0.387 e. The maximum atomic E-state index is 12.8. The van der Waals surface area contributed by atoms with Crippen LogP contribution in [0, 0.1) is 5.82 Å². The fourth-order valence-electron chi connectivity index (χ4n) is 1.06. The zero-order valence-electron chi connectivity index (χ0n) is 7.35. The van der Waals surface area contributed by atoms with Gasteiger partial charge in [-0.05, 0) is 17.7 Å². The molecule has 1 unspecified atom stereocenters. The van der Waals surface area contributed by atoms with Gasteiger partial charge >= 0.3 is 6.18 Å². The minimum absolute atomic E-state index is 0.0567. The largest absolute Gasteiger partial charge is 0.419 e. The van der Waals surface area contributed by atoms with Gasteiger partial charge < -0.3 is 5.11 Å². The number of rotatable bonds is 2. The van der Waals surface area contributed by atoms with E-state index >= 15 is 0 Å². The molecule has 0 heterocycles. The third kappa shape index (κ3) is 2.82. The van der Waals surface area contributed by atoms with Gasteiger partial charge in [-0.3, -0.25) is 0 Å². The van der Waals surface area contributed by atoms with Crippen LogP contribution < -0.4 is 0 Å². The molecule has 0 saturated heterocycles. The normalized spacial score (nSPS) is 14.0. The van der Waals surface area contributed by atoms with Crippen molar-refractivity contribution in [2.24, 2.45) is 0 Å². The smallest absolute Gasteiger partial charge is 0.387 e. The summed E-state index contributed by atoms with van der Waals surface area (Å²) in [5.41, 5.74) is -1.46. The first kappa shape index (κ1) is 12.3. The molecule has 15 heavy (non-hydrogen) atoms. The highest BCUT2D eigenvalue weighted by molar-refractivity contribution is 6.18. The van der Waals surface area contributed by atoms with Crippen LogP contribution in [0.3, 0.4) is 0 Å². The zero-order chi connectivity index (χ0) is 11.6. The van der Waals surface area contributed by atoms with Gasteiger partial charge in [0.1, 0.15) is 5.82 Å². The summed E-state index contributed by atoms with van der Waals surface area (Å²) in [7, 11) is 0. The Labute approximate surface area is 88.3 Å². The van der Waals surface area contributed by atoms with Crippen molar-refractivity contribution in [3.8, 4) is 0 Å². The maximum absolute atomic E-state index is 12.8. The Morgan fingerprint density at radius 1 is 1.33 bits per heavy atom. The number of hydrogen-bond donors (Lipinski definition) is 1. The van der Waals surface area contributed by atoms with Crippen molar-refractivity contribution in [1.29, 1.82) is 0 Å². The highest BCUT2D eigenvalue weighted by Crippen LogP contribution is 2.33. The fourth-order valence-corrected chi connectivity index (χ4v) is 1.23. The lowest BCUT2D eigenvalue weighted by atomic mass is 10.1. The third-order valence-corrected chi connectivity index (χ3v) is 2.12. The molecule has 0 fully saturated rings. The molecule has 0 spiro atoms. The molecule has 0 aliphatic carbocycles. The van der Waals surface area contributed by atoms with E-state index in [9.17, 15) is 22.7 Å². The highest BCUT2D eigenvalue weighted by Gasteiger charge is 2.34. The Morgan fingerprint density at radius 3 is 2.40 bits per heavy atom. The Hall–Kier alpha value is -0.810. The molecule has 0 aliphatic heterocycles. The van der Waals surface area contributed by atoms with Crippen molar-refractivity contribution in [2.45, 2.75) is 12.3 Å². The second-order valence-corrected chi connectivity index (χ2v) is 3.22. The van der Waals surface area contributed by atoms with E-state index in [0.717, 1.165) is 6.07 Å². The Bertz CT molecular complexity index is 350. The van der Waals surface area contributed by atoms with Crippen molar-refractivity contribution >= 4 is 11.6 Å². The van der Waals surface area contributed by atoms with E-state index in [2.05, 4.69) is 0 Å². The van der Waals surface area contributed by atoms with Gasteiger partial charge in [0.05, 0.1) is 17.5 Å². The van der Waals surface area contributed by atoms with Crippen molar-refractivity contribution in [1.82, 2.24) is 0 Å². The number of aliphatic hydroxyl groups excluding tert-OH is 1. The van der Waals surface area contributed by atoms with Crippen LogP contribution in [0.2, 0.25) is 0 Å². The van der Waals surface area contributed by atoms with Crippen LogP contribution in [0.1, 0.15) is 17.2 Å². The van der Waals surface area contributed by atoms with Crippen molar-refractivity contribution in [3.05, 3.63) is 35.1 Å². The summed E-state index contributed by atoms with van der Waals surface area (Å²) in [5, 5.41) is 9.19. The van der Waals surface area contributed by atoms with Gasteiger partial charge in [-0.1, -0.05) is 6.07 Å². The van der Waals surface area contributed by atoms with Crippen molar-refractivity contribution < 1.29 is 22.7 Å². The number of benzene rings is 1. The van der Waals surface area contributed by atoms with Crippen LogP contribution in [0.25, 0.3) is 0 Å². The maximum Gasteiger partial charge on any atom is 0.419 e. The van der Waals surface area contributed by atoms with Crippen LogP contribution >= 0.6 is 11.6 Å². The van der Waals surface area contributed by atoms with Gasteiger partial charge in [-0.25, -0.2) is 4.39 Å². The zero-order valence-corrected chi connectivity index (χ0v) is 8.11. The molecular formula is C9H7ClF4O. The minimum atomic E-state index is -4.77. The quantitative estimate of drug-likeness (QED) is 0.624. The first-order chi connectivity index (χ1) is 6.86. The van der Waals surface area contributed by atoms with Gasteiger partial charge in [0.25, 0.3) is 0 Å². The molecule has 0 radical (unpaired) electrons. The summed E-state index contributed by atoms with van der Waals surface area (Å²) >= 11 is 5.27. The summed E-state index contributed by atoms with van der Waals surface area (Å²) in [6.07, 6.45) is -6.00. The van der Waals surface area contributed by atoms with E-state index in [1.807, 2.05) is 0 Å². The molecule has 0 aliphatic rings. The van der Waals surface area contributed by atoms with Crippen LogP contribution in [0.5, 0.6) is 0 Å². The van der Waals surface area contributed by atoms with E-state index in [0.29, 0.717) is 12.1 Å². The Balaban J connectivity index is 3.17. The molecule has 0 amide bonds. The second-order valence-electron chi connectivity index (χ2n) is 2.91. The fraction of sp³-hybridized carbons (Fsp3) is 0.333. The van der Waals surface area contributed by atoms with Gasteiger partial charge in [0, 0.05) is 0 Å². The summed E-state index contributed by atoms with van der Waals surface area (Å²) in [4.78, 5) is 0. The standard InChI is InChI=1S/C9H7ClF4O/c10-4-8(15)5-1-2-7(11)6(3-5)9(12,13)14/h1-3,8,15H,4H2. The SMILES string of the molecule is OC(CCl)c1ccc(F)c(C(F)(F)F)c1. The first-order valence-electron chi connectivity index (χ1n) is 3.97. The summed E-state index contributed by atoms with van der Waals surface area (Å²) in [6, 6.07) is 2.29. The molecule has 6 heteroatoms. The average molecular weight is 243 g/mol. The third-order valence-electron chi connectivity index (χ3n) is 1.83. The van der Waals surface area contributed by atoms with Gasteiger partial charge in [-0.15, -0.1) is 11.6 Å². The molecular weight excluding hydrogens is 236 g/mol. The van der Waals surface area contributed by atoms with Crippen LogP contribution in [-0.4, -0.2) is 11.0 Å². The Kier molecular flexibility index (Phi) is 3.57. The van der Waals surface area contributed by atoms with E-state index in [1.54, 1.807) is 0 Å². The topological polar surface area (TPSA) is 20.2 Å². The highest BCUT2D eigenvalue weighted by atomic mass is 35.5. The molecule has 0 saturated carbocycles. The number of hydrogen-bond acceptors (Lipinski definition) is 1. The van der Waals surface area contributed by atoms with Crippen molar-refractivity contribution in [2.75, 3.05) is 5.88 Å². The van der Waals surface area contributed by atoms with Crippen LogP contribution in [0.15, 0.2) is 18.2 Å². The lowest BCUT2D eigenvalue weighted by Crippen LogP contribution is -2.10.